The molecule has 26 heavy (non-hydrogen) atoms. The van der Waals surface area contributed by atoms with Gasteiger partial charge < -0.3 is 4.90 Å². The summed E-state index contributed by atoms with van der Waals surface area (Å²) in [6, 6.07) is 11.0. The van der Waals surface area contributed by atoms with Crippen LogP contribution in [0.5, 0.6) is 0 Å². The van der Waals surface area contributed by atoms with Gasteiger partial charge in [0.15, 0.2) is 0 Å². The number of anilines is 1. The monoisotopic (exact) mass is 373 g/mol. The largest absolute Gasteiger partial charge is 0.363 e. The lowest BCUT2D eigenvalue weighted by atomic mass is 9.96. The van der Waals surface area contributed by atoms with Crippen LogP contribution >= 0.6 is 0 Å². The Bertz CT molecular complexity index is 876. The lowest BCUT2D eigenvalue weighted by molar-refractivity contribution is 0.255. The molecule has 3 rings (SSSR count). The zero-order valence-electron chi connectivity index (χ0n) is 15.9. The van der Waals surface area contributed by atoms with E-state index in [4.69, 9.17) is 0 Å². The molecule has 0 unspecified atom stereocenters. The number of rotatable bonds is 4. The van der Waals surface area contributed by atoms with Crippen LogP contribution in [-0.2, 0) is 10.0 Å². The van der Waals surface area contributed by atoms with Crippen molar-refractivity contribution >= 4 is 15.8 Å². The van der Waals surface area contributed by atoms with Crippen molar-refractivity contribution in [3.05, 3.63) is 53.2 Å². The molecule has 1 saturated heterocycles. The molecular weight excluding hydrogens is 346 g/mol. The Labute approximate surface area is 156 Å². The summed E-state index contributed by atoms with van der Waals surface area (Å²) in [5, 5.41) is 0. The van der Waals surface area contributed by atoms with E-state index in [-0.39, 0.29) is 6.04 Å². The standard InChI is InChI=1S/C20H27N3O2S/c1-15-8-10-17(11-9-15)26(24,25)23-14-6-5-7-19(23)18-12-13-20(22(3)4)21-16(18)2/h8-13,19H,5-7,14H2,1-4H3/t19-/m0/s1. The van der Waals surface area contributed by atoms with Gasteiger partial charge in [-0.15, -0.1) is 0 Å². The molecule has 2 heterocycles. The lowest BCUT2D eigenvalue weighted by Gasteiger charge is -2.35. The van der Waals surface area contributed by atoms with E-state index < -0.39 is 10.0 Å². The Morgan fingerprint density at radius 1 is 1.04 bits per heavy atom. The van der Waals surface area contributed by atoms with Gasteiger partial charge in [0.1, 0.15) is 5.82 Å². The van der Waals surface area contributed by atoms with Gasteiger partial charge in [0.25, 0.3) is 0 Å². The summed E-state index contributed by atoms with van der Waals surface area (Å²) in [6.07, 6.45) is 2.75. The number of hydrogen-bond acceptors (Lipinski definition) is 4. The number of aromatic nitrogens is 1. The Kier molecular flexibility index (Phi) is 5.34. The van der Waals surface area contributed by atoms with E-state index in [0.29, 0.717) is 11.4 Å². The highest BCUT2D eigenvalue weighted by atomic mass is 32.2. The first-order valence-corrected chi connectivity index (χ1v) is 10.5. The highest BCUT2D eigenvalue weighted by molar-refractivity contribution is 7.89. The van der Waals surface area contributed by atoms with E-state index >= 15 is 0 Å². The van der Waals surface area contributed by atoms with Gasteiger partial charge in [-0.25, -0.2) is 13.4 Å². The molecule has 0 aliphatic carbocycles. The third-order valence-electron chi connectivity index (χ3n) is 5.01. The summed E-state index contributed by atoms with van der Waals surface area (Å²) in [7, 11) is 0.385. The number of nitrogens with zero attached hydrogens (tertiary/aromatic N) is 3. The van der Waals surface area contributed by atoms with Crippen molar-refractivity contribution in [1.82, 2.24) is 9.29 Å². The van der Waals surface area contributed by atoms with Crippen LogP contribution in [0.1, 0.15) is 42.1 Å². The summed E-state index contributed by atoms with van der Waals surface area (Å²) in [5.41, 5.74) is 2.96. The van der Waals surface area contributed by atoms with Gasteiger partial charge in [-0.3, -0.25) is 0 Å². The van der Waals surface area contributed by atoms with Crippen LogP contribution in [0.25, 0.3) is 0 Å². The maximum Gasteiger partial charge on any atom is 0.243 e. The number of pyridine rings is 1. The van der Waals surface area contributed by atoms with Crippen LogP contribution in [0, 0.1) is 13.8 Å². The predicted molar refractivity (Wildman–Crippen MR) is 105 cm³/mol. The minimum absolute atomic E-state index is 0.154. The molecular formula is C20H27N3O2S. The third kappa shape index (κ3) is 3.62. The molecule has 0 radical (unpaired) electrons. The second-order valence-electron chi connectivity index (χ2n) is 7.18. The number of sulfonamides is 1. The van der Waals surface area contributed by atoms with Gasteiger partial charge in [0.2, 0.25) is 10.0 Å². The first-order valence-electron chi connectivity index (χ1n) is 9.04. The topological polar surface area (TPSA) is 53.5 Å². The second kappa shape index (κ2) is 7.37. The molecule has 0 N–H and O–H groups in total. The fourth-order valence-corrected chi connectivity index (χ4v) is 5.18. The first kappa shape index (κ1) is 18.9. The molecule has 1 fully saturated rings. The average molecular weight is 374 g/mol. The van der Waals surface area contributed by atoms with Crippen molar-refractivity contribution in [3.63, 3.8) is 0 Å². The zero-order valence-corrected chi connectivity index (χ0v) is 16.8. The van der Waals surface area contributed by atoms with Crippen LogP contribution in [0.2, 0.25) is 0 Å². The summed E-state index contributed by atoms with van der Waals surface area (Å²) in [4.78, 5) is 6.98. The molecule has 1 aromatic carbocycles. The van der Waals surface area contributed by atoms with Crippen molar-refractivity contribution < 1.29 is 8.42 Å². The summed E-state index contributed by atoms with van der Waals surface area (Å²) in [5.74, 6) is 0.884. The number of piperidine rings is 1. The normalized spacial score (nSPS) is 18.7. The van der Waals surface area contributed by atoms with Crippen LogP contribution < -0.4 is 4.90 Å². The van der Waals surface area contributed by atoms with Crippen molar-refractivity contribution in [2.24, 2.45) is 0 Å². The Morgan fingerprint density at radius 3 is 2.35 bits per heavy atom. The Balaban J connectivity index is 1.99. The SMILES string of the molecule is Cc1ccc(S(=O)(=O)N2CCCC[C@H]2c2ccc(N(C)C)nc2C)cc1. The van der Waals surface area contributed by atoms with E-state index in [2.05, 4.69) is 4.98 Å². The average Bonchev–Trinajstić information content (AvgIpc) is 2.62. The number of hydrogen-bond donors (Lipinski definition) is 0. The molecule has 1 atom stereocenters. The molecule has 0 bridgehead atoms. The molecule has 140 valence electrons. The van der Waals surface area contributed by atoms with Crippen LogP contribution in [0.15, 0.2) is 41.3 Å². The quantitative estimate of drug-likeness (QED) is 0.820. The molecule has 0 spiro atoms. The summed E-state index contributed by atoms with van der Waals surface area (Å²) in [6.45, 7) is 4.48. The van der Waals surface area contributed by atoms with Crippen LogP contribution in [0.4, 0.5) is 5.82 Å². The van der Waals surface area contributed by atoms with Gasteiger partial charge >= 0.3 is 0 Å². The van der Waals surface area contributed by atoms with Crippen molar-refractivity contribution in [2.75, 3.05) is 25.5 Å². The third-order valence-corrected chi connectivity index (χ3v) is 6.93. The zero-order chi connectivity index (χ0) is 18.9. The summed E-state index contributed by atoms with van der Waals surface area (Å²) < 4.78 is 28.2. The summed E-state index contributed by atoms with van der Waals surface area (Å²) >= 11 is 0. The van der Waals surface area contributed by atoms with Crippen molar-refractivity contribution in [1.29, 1.82) is 0 Å². The molecule has 1 aromatic heterocycles. The molecule has 0 amide bonds. The van der Waals surface area contributed by atoms with Crippen LogP contribution in [0.3, 0.4) is 0 Å². The fraction of sp³-hybridized carbons (Fsp3) is 0.450. The molecule has 1 aliphatic heterocycles. The van der Waals surface area contributed by atoms with Crippen molar-refractivity contribution in [3.8, 4) is 0 Å². The number of aryl methyl sites for hydroxylation is 2. The maximum absolute atomic E-state index is 13.3. The van der Waals surface area contributed by atoms with Crippen LogP contribution in [-0.4, -0.2) is 38.3 Å². The van der Waals surface area contributed by atoms with E-state index in [1.54, 1.807) is 16.4 Å². The van der Waals surface area contributed by atoms with Gasteiger partial charge in [0.05, 0.1) is 10.9 Å². The Hall–Kier alpha value is -1.92. The van der Waals surface area contributed by atoms with Crippen molar-refractivity contribution in [2.45, 2.75) is 44.0 Å². The van der Waals surface area contributed by atoms with Gasteiger partial charge in [-0.05, 0) is 50.5 Å². The molecule has 0 saturated carbocycles. The van der Waals surface area contributed by atoms with Gasteiger partial charge in [-0.2, -0.15) is 4.31 Å². The van der Waals surface area contributed by atoms with E-state index in [1.807, 2.05) is 57.1 Å². The Morgan fingerprint density at radius 2 is 1.73 bits per heavy atom. The van der Waals surface area contributed by atoms with Gasteiger partial charge in [-0.1, -0.05) is 30.2 Å². The molecule has 1 aliphatic rings. The first-order chi connectivity index (χ1) is 12.3. The molecule has 5 nitrogen and oxygen atoms in total. The minimum atomic E-state index is -3.52. The van der Waals surface area contributed by atoms with Gasteiger partial charge in [0, 0.05) is 26.3 Å². The smallest absolute Gasteiger partial charge is 0.243 e. The van der Waals surface area contributed by atoms with E-state index in [1.165, 1.54) is 0 Å². The minimum Gasteiger partial charge on any atom is -0.363 e. The number of benzene rings is 1. The maximum atomic E-state index is 13.3. The highest BCUT2D eigenvalue weighted by Crippen LogP contribution is 2.36. The molecule has 6 heteroatoms. The lowest BCUT2D eigenvalue weighted by Crippen LogP contribution is -2.38. The second-order valence-corrected chi connectivity index (χ2v) is 9.07. The van der Waals surface area contributed by atoms with E-state index in [9.17, 15) is 8.42 Å². The predicted octanol–water partition coefficient (Wildman–Crippen LogP) is 3.68. The van der Waals surface area contributed by atoms with E-state index in [0.717, 1.165) is 41.9 Å². The fourth-order valence-electron chi connectivity index (χ4n) is 3.51. The highest BCUT2D eigenvalue weighted by Gasteiger charge is 2.35. The molecule has 2 aromatic rings.